The first kappa shape index (κ1) is 14.3. The van der Waals surface area contributed by atoms with Crippen molar-refractivity contribution in [2.45, 2.75) is 25.8 Å². The summed E-state index contributed by atoms with van der Waals surface area (Å²) < 4.78 is 13.0. The summed E-state index contributed by atoms with van der Waals surface area (Å²) in [5.41, 5.74) is 1.92. The Morgan fingerprint density at radius 2 is 1.90 bits per heavy atom. The molecule has 0 saturated heterocycles. The van der Waals surface area contributed by atoms with Crippen LogP contribution in [0, 0.1) is 5.82 Å². The molecule has 0 aliphatic heterocycles. The third-order valence-corrected chi connectivity index (χ3v) is 3.24. The molecule has 20 heavy (non-hydrogen) atoms. The van der Waals surface area contributed by atoms with Crippen molar-refractivity contribution >= 4 is 5.91 Å². The highest BCUT2D eigenvalue weighted by Crippen LogP contribution is 2.18. The lowest BCUT2D eigenvalue weighted by atomic mass is 9.97. The molecule has 0 aliphatic carbocycles. The molecule has 2 aromatic rings. The van der Waals surface area contributed by atoms with Crippen LogP contribution in [0.5, 0.6) is 0 Å². The van der Waals surface area contributed by atoms with E-state index in [1.54, 1.807) is 12.1 Å². The van der Waals surface area contributed by atoms with Crippen LogP contribution in [-0.2, 0) is 11.3 Å². The van der Waals surface area contributed by atoms with Gasteiger partial charge in [0.2, 0.25) is 5.91 Å². The van der Waals surface area contributed by atoms with E-state index in [9.17, 15) is 9.18 Å². The summed E-state index contributed by atoms with van der Waals surface area (Å²) >= 11 is 0. The van der Waals surface area contributed by atoms with E-state index < -0.39 is 0 Å². The standard InChI is InChI=1S/C17H18FNO/c1-13(15-7-3-2-4-8-15)10-17(20)19-12-14-6-5-9-16(18)11-14/h2-9,11,13H,10,12H2,1H3,(H,19,20). The molecule has 0 saturated carbocycles. The van der Waals surface area contributed by atoms with E-state index in [1.807, 2.05) is 37.3 Å². The lowest BCUT2D eigenvalue weighted by Gasteiger charge is -2.12. The maximum Gasteiger partial charge on any atom is 0.220 e. The summed E-state index contributed by atoms with van der Waals surface area (Å²) in [6.45, 7) is 2.38. The Balaban J connectivity index is 1.84. The molecule has 0 heterocycles. The molecule has 2 nitrogen and oxygen atoms in total. The number of carbonyl (C=O) groups excluding carboxylic acids is 1. The fourth-order valence-electron chi connectivity index (χ4n) is 2.10. The van der Waals surface area contributed by atoms with Gasteiger partial charge in [-0.05, 0) is 29.2 Å². The molecule has 0 spiro atoms. The second-order valence-corrected chi connectivity index (χ2v) is 4.92. The predicted molar refractivity (Wildman–Crippen MR) is 77.7 cm³/mol. The van der Waals surface area contributed by atoms with Gasteiger partial charge < -0.3 is 5.32 Å². The van der Waals surface area contributed by atoms with E-state index in [-0.39, 0.29) is 17.6 Å². The first-order valence-corrected chi connectivity index (χ1v) is 6.71. The molecule has 1 N–H and O–H groups in total. The smallest absolute Gasteiger partial charge is 0.220 e. The van der Waals surface area contributed by atoms with Gasteiger partial charge in [-0.25, -0.2) is 4.39 Å². The SMILES string of the molecule is CC(CC(=O)NCc1cccc(F)c1)c1ccccc1. The van der Waals surface area contributed by atoms with Crippen LogP contribution in [0.1, 0.15) is 30.4 Å². The van der Waals surface area contributed by atoms with E-state index in [0.717, 1.165) is 11.1 Å². The number of carbonyl (C=O) groups is 1. The van der Waals surface area contributed by atoms with E-state index in [4.69, 9.17) is 0 Å². The van der Waals surface area contributed by atoms with Gasteiger partial charge in [0.15, 0.2) is 0 Å². The molecule has 3 heteroatoms. The second kappa shape index (κ2) is 6.85. The van der Waals surface area contributed by atoms with Crippen molar-refractivity contribution in [2.24, 2.45) is 0 Å². The van der Waals surface area contributed by atoms with Crippen molar-refractivity contribution < 1.29 is 9.18 Å². The lowest BCUT2D eigenvalue weighted by molar-refractivity contribution is -0.121. The largest absolute Gasteiger partial charge is 0.352 e. The fourth-order valence-corrected chi connectivity index (χ4v) is 2.10. The Labute approximate surface area is 118 Å². The maximum absolute atomic E-state index is 13.0. The Hall–Kier alpha value is -2.16. The normalized spacial score (nSPS) is 11.9. The molecule has 104 valence electrons. The minimum absolute atomic E-state index is 0.0226. The van der Waals surface area contributed by atoms with Crippen LogP contribution in [0.3, 0.4) is 0 Å². The Morgan fingerprint density at radius 1 is 1.15 bits per heavy atom. The monoisotopic (exact) mass is 271 g/mol. The van der Waals surface area contributed by atoms with E-state index >= 15 is 0 Å². The third kappa shape index (κ3) is 4.19. The summed E-state index contributed by atoms with van der Waals surface area (Å²) in [6.07, 6.45) is 0.430. The first-order valence-electron chi connectivity index (χ1n) is 6.71. The molecule has 1 atom stereocenters. The molecule has 0 radical (unpaired) electrons. The van der Waals surface area contributed by atoms with Gasteiger partial charge in [-0.2, -0.15) is 0 Å². The van der Waals surface area contributed by atoms with E-state index in [0.29, 0.717) is 13.0 Å². The van der Waals surface area contributed by atoms with Crippen molar-refractivity contribution in [3.8, 4) is 0 Å². The lowest BCUT2D eigenvalue weighted by Crippen LogP contribution is -2.24. The summed E-state index contributed by atoms with van der Waals surface area (Å²) in [4.78, 5) is 11.9. The van der Waals surface area contributed by atoms with Crippen LogP contribution in [0.15, 0.2) is 54.6 Å². The Morgan fingerprint density at radius 3 is 2.60 bits per heavy atom. The molecule has 0 fully saturated rings. The van der Waals surface area contributed by atoms with Gasteiger partial charge in [0.05, 0.1) is 0 Å². The van der Waals surface area contributed by atoms with Crippen molar-refractivity contribution in [3.63, 3.8) is 0 Å². The van der Waals surface area contributed by atoms with E-state index in [2.05, 4.69) is 5.32 Å². The number of nitrogens with one attached hydrogen (secondary N) is 1. The number of amides is 1. The van der Waals surface area contributed by atoms with Gasteiger partial charge in [0, 0.05) is 13.0 Å². The molecule has 0 aliphatic rings. The van der Waals surface area contributed by atoms with Crippen LogP contribution in [0.2, 0.25) is 0 Å². The highest BCUT2D eigenvalue weighted by molar-refractivity contribution is 5.76. The van der Waals surface area contributed by atoms with Crippen LogP contribution >= 0.6 is 0 Å². The van der Waals surface area contributed by atoms with Gasteiger partial charge in [0.1, 0.15) is 5.82 Å². The van der Waals surface area contributed by atoms with Crippen molar-refractivity contribution in [3.05, 3.63) is 71.5 Å². The van der Waals surface area contributed by atoms with Crippen molar-refractivity contribution in [2.75, 3.05) is 0 Å². The van der Waals surface area contributed by atoms with Crippen molar-refractivity contribution in [1.29, 1.82) is 0 Å². The van der Waals surface area contributed by atoms with Gasteiger partial charge in [-0.15, -0.1) is 0 Å². The molecule has 0 bridgehead atoms. The van der Waals surface area contributed by atoms with Gasteiger partial charge in [-0.1, -0.05) is 49.4 Å². The molecule has 2 rings (SSSR count). The highest BCUT2D eigenvalue weighted by atomic mass is 19.1. The fraction of sp³-hybridized carbons (Fsp3) is 0.235. The Kier molecular flexibility index (Phi) is 4.88. The van der Waals surface area contributed by atoms with Crippen LogP contribution < -0.4 is 5.32 Å². The summed E-state index contributed by atoms with van der Waals surface area (Å²) in [5.74, 6) is -0.135. The maximum atomic E-state index is 13.0. The molecule has 1 unspecified atom stereocenters. The summed E-state index contributed by atoms with van der Waals surface area (Å²) in [7, 11) is 0. The summed E-state index contributed by atoms with van der Waals surface area (Å²) in [5, 5.41) is 2.82. The average molecular weight is 271 g/mol. The highest BCUT2D eigenvalue weighted by Gasteiger charge is 2.10. The Bertz CT molecular complexity index is 568. The van der Waals surface area contributed by atoms with Crippen LogP contribution in [-0.4, -0.2) is 5.91 Å². The number of rotatable bonds is 5. The molecule has 2 aromatic carbocycles. The summed E-state index contributed by atoms with van der Waals surface area (Å²) in [6, 6.07) is 16.2. The van der Waals surface area contributed by atoms with E-state index in [1.165, 1.54) is 12.1 Å². The predicted octanol–water partition coefficient (Wildman–Crippen LogP) is 3.64. The average Bonchev–Trinajstić information content (AvgIpc) is 2.46. The van der Waals surface area contributed by atoms with Gasteiger partial charge >= 0.3 is 0 Å². The number of benzene rings is 2. The zero-order chi connectivity index (χ0) is 14.4. The zero-order valence-corrected chi connectivity index (χ0v) is 11.5. The third-order valence-electron chi connectivity index (χ3n) is 3.24. The zero-order valence-electron chi connectivity index (χ0n) is 11.5. The molecular weight excluding hydrogens is 253 g/mol. The number of halogens is 1. The van der Waals surface area contributed by atoms with Crippen LogP contribution in [0.4, 0.5) is 4.39 Å². The molecule has 1 amide bonds. The minimum Gasteiger partial charge on any atom is -0.352 e. The second-order valence-electron chi connectivity index (χ2n) is 4.92. The van der Waals surface area contributed by atoms with Crippen molar-refractivity contribution in [1.82, 2.24) is 5.32 Å². The molecule has 0 aromatic heterocycles. The number of hydrogen-bond acceptors (Lipinski definition) is 1. The topological polar surface area (TPSA) is 29.1 Å². The molecular formula is C17H18FNO. The van der Waals surface area contributed by atoms with Gasteiger partial charge in [0.25, 0.3) is 0 Å². The van der Waals surface area contributed by atoms with Crippen LogP contribution in [0.25, 0.3) is 0 Å². The quantitative estimate of drug-likeness (QED) is 0.884. The first-order chi connectivity index (χ1) is 9.65. The number of hydrogen-bond donors (Lipinski definition) is 1. The van der Waals surface area contributed by atoms with Gasteiger partial charge in [-0.3, -0.25) is 4.79 Å². The minimum atomic E-state index is -0.283.